The molecule has 0 amide bonds. The van der Waals surface area contributed by atoms with Crippen LogP contribution in [0.5, 0.6) is 0 Å². The van der Waals surface area contributed by atoms with Crippen LogP contribution >= 0.6 is 0 Å². The van der Waals surface area contributed by atoms with Gasteiger partial charge in [0, 0.05) is 5.69 Å². The second-order valence-electron chi connectivity index (χ2n) is 3.94. The first kappa shape index (κ1) is 11.0. The zero-order valence-electron chi connectivity index (χ0n) is 8.71. The summed E-state index contributed by atoms with van der Waals surface area (Å²) in [7, 11) is 0. The Hall–Kier alpha value is -1.09. The number of hydrogen-bond acceptors (Lipinski definition) is 2. The fourth-order valence-corrected chi connectivity index (χ4v) is 1.42. The number of H-pyrrole nitrogens is 1. The van der Waals surface area contributed by atoms with Gasteiger partial charge in [-0.15, -0.1) is 0 Å². The van der Waals surface area contributed by atoms with E-state index >= 15 is 0 Å². The van der Waals surface area contributed by atoms with Gasteiger partial charge in [0.1, 0.15) is 0 Å². The van der Waals surface area contributed by atoms with Crippen molar-refractivity contribution in [2.45, 2.75) is 33.3 Å². The summed E-state index contributed by atoms with van der Waals surface area (Å²) in [6.45, 7) is 4.27. The summed E-state index contributed by atoms with van der Waals surface area (Å²) in [5.74, 6) is 0.627. The molecule has 0 bridgehead atoms. The van der Waals surface area contributed by atoms with Gasteiger partial charge in [0.15, 0.2) is 6.29 Å². The molecule has 0 fully saturated rings. The van der Waals surface area contributed by atoms with Gasteiger partial charge < -0.3 is 10.1 Å². The summed E-state index contributed by atoms with van der Waals surface area (Å²) >= 11 is 0. The van der Waals surface area contributed by atoms with Gasteiger partial charge in [-0.25, -0.2) is 0 Å². The van der Waals surface area contributed by atoms with Crippen LogP contribution in [0.3, 0.4) is 0 Å². The highest BCUT2D eigenvalue weighted by Gasteiger charge is 2.07. The van der Waals surface area contributed by atoms with Crippen molar-refractivity contribution in [2.24, 2.45) is 5.92 Å². The summed E-state index contributed by atoms with van der Waals surface area (Å²) in [5, 5.41) is 8.90. The van der Waals surface area contributed by atoms with E-state index in [-0.39, 0.29) is 6.61 Å². The average Bonchev–Trinajstić information content (AvgIpc) is 2.57. The van der Waals surface area contributed by atoms with Crippen molar-refractivity contribution in [1.29, 1.82) is 0 Å². The molecule has 0 unspecified atom stereocenters. The van der Waals surface area contributed by atoms with Crippen LogP contribution < -0.4 is 0 Å². The van der Waals surface area contributed by atoms with Crippen molar-refractivity contribution >= 4 is 6.29 Å². The molecule has 3 heteroatoms. The molecule has 0 aliphatic carbocycles. The van der Waals surface area contributed by atoms with E-state index in [1.165, 1.54) is 0 Å². The number of nitrogens with one attached hydrogen (secondary N) is 1. The molecule has 0 aliphatic rings. The van der Waals surface area contributed by atoms with Crippen LogP contribution in [0, 0.1) is 5.92 Å². The molecular formula is C11H17NO2. The minimum atomic E-state index is -0.0392. The number of aryl methyl sites for hydroxylation is 1. The van der Waals surface area contributed by atoms with Gasteiger partial charge in [-0.1, -0.05) is 13.8 Å². The van der Waals surface area contributed by atoms with E-state index in [2.05, 4.69) is 18.8 Å². The Bertz CT molecular complexity index is 302. The quantitative estimate of drug-likeness (QED) is 0.705. The lowest BCUT2D eigenvalue weighted by Gasteiger charge is -2.02. The van der Waals surface area contributed by atoms with Crippen molar-refractivity contribution in [3.63, 3.8) is 0 Å². The molecule has 0 radical (unpaired) electrons. The van der Waals surface area contributed by atoms with Gasteiger partial charge in [0.25, 0.3) is 0 Å². The molecule has 78 valence electrons. The monoisotopic (exact) mass is 195 g/mol. The molecule has 3 nitrogen and oxygen atoms in total. The first-order chi connectivity index (χ1) is 6.67. The molecule has 2 N–H and O–H groups in total. The third kappa shape index (κ3) is 2.70. The maximum atomic E-state index is 10.7. The van der Waals surface area contributed by atoms with Gasteiger partial charge in [0.05, 0.1) is 12.3 Å². The number of rotatable bonds is 5. The molecular weight excluding hydrogens is 178 g/mol. The number of aliphatic hydroxyl groups is 1. The highest BCUT2D eigenvalue weighted by atomic mass is 16.3. The van der Waals surface area contributed by atoms with Crippen molar-refractivity contribution < 1.29 is 9.90 Å². The van der Waals surface area contributed by atoms with Crippen LogP contribution in [-0.4, -0.2) is 16.4 Å². The van der Waals surface area contributed by atoms with Crippen LogP contribution in [0.2, 0.25) is 0 Å². The zero-order valence-corrected chi connectivity index (χ0v) is 8.71. The smallest absolute Gasteiger partial charge is 0.166 e. The number of aromatic nitrogens is 1. The lowest BCUT2D eigenvalue weighted by atomic mass is 10.0. The maximum Gasteiger partial charge on any atom is 0.166 e. The molecule has 0 saturated carbocycles. The molecule has 0 aromatic carbocycles. The van der Waals surface area contributed by atoms with Crippen LogP contribution in [0.4, 0.5) is 0 Å². The molecule has 0 atom stereocenters. The van der Waals surface area contributed by atoms with E-state index in [0.717, 1.165) is 24.7 Å². The van der Waals surface area contributed by atoms with Crippen LogP contribution in [0.15, 0.2) is 6.07 Å². The molecule has 0 saturated heterocycles. The van der Waals surface area contributed by atoms with Gasteiger partial charge in [-0.3, -0.25) is 4.79 Å². The largest absolute Gasteiger partial charge is 0.390 e. The van der Waals surface area contributed by atoms with Gasteiger partial charge in [-0.05, 0) is 30.4 Å². The molecule has 1 aromatic rings. The maximum absolute atomic E-state index is 10.7. The fourth-order valence-electron chi connectivity index (χ4n) is 1.42. The van der Waals surface area contributed by atoms with E-state index in [4.69, 9.17) is 5.11 Å². The van der Waals surface area contributed by atoms with Crippen LogP contribution in [-0.2, 0) is 13.0 Å². The zero-order chi connectivity index (χ0) is 10.6. The van der Waals surface area contributed by atoms with E-state index in [1.54, 1.807) is 0 Å². The van der Waals surface area contributed by atoms with Crippen molar-refractivity contribution in [2.75, 3.05) is 0 Å². The Morgan fingerprint density at radius 2 is 2.29 bits per heavy atom. The Morgan fingerprint density at radius 1 is 1.57 bits per heavy atom. The standard InChI is InChI=1S/C11H17NO2/c1-8(2)3-4-9-5-10(6-13)12-11(9)7-14/h5,7-8,12-13H,3-4,6H2,1-2H3. The predicted octanol–water partition coefficient (Wildman–Crippen LogP) is 1.91. The topological polar surface area (TPSA) is 53.1 Å². The highest BCUT2D eigenvalue weighted by molar-refractivity contribution is 5.74. The number of carbonyl (C=O) groups excluding carboxylic acids is 1. The minimum Gasteiger partial charge on any atom is -0.390 e. The first-order valence-corrected chi connectivity index (χ1v) is 4.94. The normalized spacial score (nSPS) is 10.9. The predicted molar refractivity (Wildman–Crippen MR) is 55.3 cm³/mol. The Morgan fingerprint density at radius 3 is 2.79 bits per heavy atom. The van der Waals surface area contributed by atoms with Gasteiger partial charge >= 0.3 is 0 Å². The van der Waals surface area contributed by atoms with Crippen molar-refractivity contribution in [3.05, 3.63) is 23.0 Å². The molecule has 0 spiro atoms. The molecule has 14 heavy (non-hydrogen) atoms. The highest BCUT2D eigenvalue weighted by Crippen LogP contribution is 2.14. The molecule has 1 aromatic heterocycles. The van der Waals surface area contributed by atoms with Gasteiger partial charge in [0.2, 0.25) is 0 Å². The summed E-state index contributed by atoms with van der Waals surface area (Å²) in [4.78, 5) is 13.6. The number of carbonyl (C=O) groups is 1. The summed E-state index contributed by atoms with van der Waals surface area (Å²) in [5.41, 5.74) is 2.33. The lowest BCUT2D eigenvalue weighted by Crippen LogP contribution is -1.94. The number of aldehydes is 1. The summed E-state index contributed by atoms with van der Waals surface area (Å²) < 4.78 is 0. The van der Waals surface area contributed by atoms with Crippen LogP contribution in [0.25, 0.3) is 0 Å². The molecule has 1 heterocycles. The Labute approximate surface area is 84.2 Å². The number of hydrogen-bond donors (Lipinski definition) is 2. The molecule has 0 aliphatic heterocycles. The van der Waals surface area contributed by atoms with Crippen LogP contribution in [0.1, 0.15) is 42.0 Å². The van der Waals surface area contributed by atoms with Crippen molar-refractivity contribution in [3.8, 4) is 0 Å². The minimum absolute atomic E-state index is 0.0392. The van der Waals surface area contributed by atoms with E-state index in [0.29, 0.717) is 17.3 Å². The Kier molecular flexibility index (Phi) is 3.89. The third-order valence-corrected chi connectivity index (χ3v) is 2.27. The third-order valence-electron chi connectivity index (χ3n) is 2.27. The van der Waals surface area contributed by atoms with Crippen molar-refractivity contribution in [1.82, 2.24) is 4.98 Å². The fraction of sp³-hybridized carbons (Fsp3) is 0.545. The summed E-state index contributed by atoms with van der Waals surface area (Å²) in [6, 6.07) is 1.87. The van der Waals surface area contributed by atoms with Gasteiger partial charge in [-0.2, -0.15) is 0 Å². The second kappa shape index (κ2) is 4.96. The van der Waals surface area contributed by atoms with E-state index in [9.17, 15) is 4.79 Å². The molecule has 1 rings (SSSR count). The van der Waals surface area contributed by atoms with E-state index in [1.807, 2.05) is 6.07 Å². The summed E-state index contributed by atoms with van der Waals surface area (Å²) in [6.07, 6.45) is 2.76. The average molecular weight is 195 g/mol. The first-order valence-electron chi connectivity index (χ1n) is 4.94. The Balaban J connectivity index is 2.73. The second-order valence-corrected chi connectivity index (χ2v) is 3.94. The number of aliphatic hydroxyl groups excluding tert-OH is 1. The number of aromatic amines is 1. The lowest BCUT2D eigenvalue weighted by molar-refractivity contribution is 0.111. The SMILES string of the molecule is CC(C)CCc1cc(CO)[nH]c1C=O. The van der Waals surface area contributed by atoms with E-state index < -0.39 is 0 Å².